The van der Waals surface area contributed by atoms with Crippen molar-refractivity contribution in [2.75, 3.05) is 11.9 Å². The molecule has 1 heterocycles. The molecular weight excluding hydrogens is 183 g/mol. The third-order valence-electron chi connectivity index (χ3n) is 2.59. The van der Waals surface area contributed by atoms with Gasteiger partial charge in [-0.1, -0.05) is 0 Å². The first kappa shape index (κ1) is 9.33. The van der Waals surface area contributed by atoms with Crippen molar-refractivity contribution in [1.29, 1.82) is 0 Å². The molecule has 4 nitrogen and oxygen atoms in total. The highest BCUT2D eigenvalue weighted by Gasteiger charge is 2.42. The molecule has 5 heteroatoms. The molecule has 2 rings (SSSR count). The molecule has 0 saturated heterocycles. The minimum Gasteiger partial charge on any atom is -0.361 e. The number of hydrogen-bond donors (Lipinski definition) is 2. The quantitative estimate of drug-likeness (QED) is 0.751. The van der Waals surface area contributed by atoms with Gasteiger partial charge in [-0.2, -0.15) is 0 Å². The van der Waals surface area contributed by atoms with Crippen LogP contribution in [0, 0.1) is 12.7 Å². The van der Waals surface area contributed by atoms with Gasteiger partial charge in [0.25, 0.3) is 0 Å². The molecule has 1 saturated carbocycles. The first-order valence-electron chi connectivity index (χ1n) is 4.62. The van der Waals surface area contributed by atoms with E-state index in [1.807, 2.05) is 0 Å². The van der Waals surface area contributed by atoms with E-state index < -0.39 is 0 Å². The van der Waals surface area contributed by atoms with Crippen LogP contribution in [-0.2, 0) is 0 Å². The SMILES string of the molecule is Cc1ncnc(NC2(CN)CC2)c1F. The fourth-order valence-electron chi connectivity index (χ4n) is 1.33. The van der Waals surface area contributed by atoms with E-state index in [4.69, 9.17) is 5.73 Å². The number of hydrogen-bond acceptors (Lipinski definition) is 4. The number of nitrogens with zero attached hydrogens (tertiary/aromatic N) is 2. The molecule has 0 spiro atoms. The Hall–Kier alpha value is -1.23. The molecule has 0 radical (unpaired) electrons. The predicted octanol–water partition coefficient (Wildman–Crippen LogP) is 0.827. The second-order valence-corrected chi connectivity index (χ2v) is 3.73. The van der Waals surface area contributed by atoms with Crippen LogP contribution >= 0.6 is 0 Å². The summed E-state index contributed by atoms with van der Waals surface area (Å²) in [6, 6.07) is 0. The van der Waals surface area contributed by atoms with Gasteiger partial charge in [-0.05, 0) is 19.8 Å². The van der Waals surface area contributed by atoms with Crippen LogP contribution in [0.2, 0.25) is 0 Å². The van der Waals surface area contributed by atoms with Gasteiger partial charge in [-0.25, -0.2) is 14.4 Å². The van der Waals surface area contributed by atoms with E-state index in [2.05, 4.69) is 15.3 Å². The largest absolute Gasteiger partial charge is 0.361 e. The molecule has 1 aliphatic rings. The summed E-state index contributed by atoms with van der Waals surface area (Å²) in [4.78, 5) is 7.62. The second kappa shape index (κ2) is 3.16. The smallest absolute Gasteiger partial charge is 0.186 e. The third kappa shape index (κ3) is 1.55. The predicted molar refractivity (Wildman–Crippen MR) is 51.4 cm³/mol. The highest BCUT2D eigenvalue weighted by atomic mass is 19.1. The fourth-order valence-corrected chi connectivity index (χ4v) is 1.33. The zero-order chi connectivity index (χ0) is 10.2. The lowest BCUT2D eigenvalue weighted by molar-refractivity contribution is 0.597. The number of nitrogens with two attached hydrogens (primary N) is 1. The van der Waals surface area contributed by atoms with Crippen molar-refractivity contribution < 1.29 is 4.39 Å². The Bertz CT molecular complexity index is 349. The maximum atomic E-state index is 13.5. The number of anilines is 1. The molecule has 0 atom stereocenters. The van der Waals surface area contributed by atoms with E-state index in [-0.39, 0.29) is 17.2 Å². The van der Waals surface area contributed by atoms with E-state index in [1.165, 1.54) is 6.33 Å². The molecule has 1 aromatic heterocycles. The number of aromatic nitrogens is 2. The normalized spacial score (nSPS) is 17.9. The van der Waals surface area contributed by atoms with E-state index in [0.717, 1.165) is 12.8 Å². The van der Waals surface area contributed by atoms with E-state index >= 15 is 0 Å². The van der Waals surface area contributed by atoms with Crippen LogP contribution in [-0.4, -0.2) is 22.1 Å². The Balaban J connectivity index is 2.21. The first-order valence-corrected chi connectivity index (χ1v) is 4.62. The highest BCUT2D eigenvalue weighted by Crippen LogP contribution is 2.37. The summed E-state index contributed by atoms with van der Waals surface area (Å²) in [5, 5.41) is 3.04. The van der Waals surface area contributed by atoms with Gasteiger partial charge in [0, 0.05) is 6.54 Å². The molecule has 1 aliphatic carbocycles. The zero-order valence-corrected chi connectivity index (χ0v) is 8.05. The van der Waals surface area contributed by atoms with Gasteiger partial charge in [-0.15, -0.1) is 0 Å². The maximum Gasteiger partial charge on any atom is 0.186 e. The molecule has 76 valence electrons. The van der Waals surface area contributed by atoms with Crippen molar-refractivity contribution in [3.8, 4) is 0 Å². The van der Waals surface area contributed by atoms with Gasteiger partial charge in [0.15, 0.2) is 11.6 Å². The minimum atomic E-state index is -0.382. The molecule has 0 unspecified atom stereocenters. The standard InChI is InChI=1S/C9H13FN4/c1-6-7(10)8(13-5-12-6)14-9(4-11)2-3-9/h5H,2-4,11H2,1H3,(H,12,13,14). The molecule has 1 fully saturated rings. The van der Waals surface area contributed by atoms with Crippen molar-refractivity contribution in [1.82, 2.24) is 9.97 Å². The Morgan fingerprint density at radius 3 is 2.86 bits per heavy atom. The molecule has 0 aliphatic heterocycles. The summed E-state index contributed by atoms with van der Waals surface area (Å²) in [7, 11) is 0. The summed E-state index contributed by atoms with van der Waals surface area (Å²) in [5.41, 5.74) is 5.81. The molecule has 0 aromatic carbocycles. The van der Waals surface area contributed by atoms with Crippen LogP contribution in [0.4, 0.5) is 10.2 Å². The Kier molecular flexibility index (Phi) is 2.11. The number of aryl methyl sites for hydroxylation is 1. The average molecular weight is 196 g/mol. The lowest BCUT2D eigenvalue weighted by Crippen LogP contribution is -2.31. The lowest BCUT2D eigenvalue weighted by Gasteiger charge is -2.15. The average Bonchev–Trinajstić information content (AvgIpc) is 2.94. The summed E-state index contributed by atoms with van der Waals surface area (Å²) < 4.78 is 13.5. The Morgan fingerprint density at radius 1 is 1.57 bits per heavy atom. The molecule has 0 amide bonds. The first-order chi connectivity index (χ1) is 6.67. The Labute approximate surface area is 81.7 Å². The van der Waals surface area contributed by atoms with E-state index in [1.54, 1.807) is 6.92 Å². The van der Waals surface area contributed by atoms with Crippen LogP contribution in [0.15, 0.2) is 6.33 Å². The molecular formula is C9H13FN4. The number of halogens is 1. The number of nitrogens with one attached hydrogen (secondary N) is 1. The van der Waals surface area contributed by atoms with Crippen molar-refractivity contribution in [3.63, 3.8) is 0 Å². The van der Waals surface area contributed by atoms with Gasteiger partial charge in [0.05, 0.1) is 11.2 Å². The maximum absolute atomic E-state index is 13.5. The van der Waals surface area contributed by atoms with Crippen molar-refractivity contribution in [2.24, 2.45) is 5.73 Å². The summed E-state index contributed by atoms with van der Waals surface area (Å²) >= 11 is 0. The van der Waals surface area contributed by atoms with Gasteiger partial charge in [0.2, 0.25) is 0 Å². The molecule has 14 heavy (non-hydrogen) atoms. The van der Waals surface area contributed by atoms with Crippen LogP contribution < -0.4 is 11.1 Å². The van der Waals surface area contributed by atoms with E-state index in [9.17, 15) is 4.39 Å². The second-order valence-electron chi connectivity index (χ2n) is 3.73. The lowest BCUT2D eigenvalue weighted by atomic mass is 10.2. The van der Waals surface area contributed by atoms with E-state index in [0.29, 0.717) is 12.2 Å². The summed E-state index contributed by atoms with van der Waals surface area (Å²) in [6.45, 7) is 2.12. The number of rotatable bonds is 3. The van der Waals surface area contributed by atoms with Crippen LogP contribution in [0.3, 0.4) is 0 Å². The summed E-state index contributed by atoms with van der Waals surface area (Å²) in [5.74, 6) is -0.118. The summed E-state index contributed by atoms with van der Waals surface area (Å²) in [6.07, 6.45) is 3.31. The Morgan fingerprint density at radius 2 is 2.29 bits per heavy atom. The molecule has 3 N–H and O–H groups in total. The van der Waals surface area contributed by atoms with Gasteiger partial charge >= 0.3 is 0 Å². The van der Waals surface area contributed by atoms with Gasteiger partial charge in [-0.3, -0.25) is 0 Å². The monoisotopic (exact) mass is 196 g/mol. The third-order valence-corrected chi connectivity index (χ3v) is 2.59. The van der Waals surface area contributed by atoms with Crippen LogP contribution in [0.5, 0.6) is 0 Å². The van der Waals surface area contributed by atoms with Crippen molar-refractivity contribution in [2.45, 2.75) is 25.3 Å². The molecule has 1 aromatic rings. The minimum absolute atomic E-state index is 0.123. The van der Waals surface area contributed by atoms with Crippen molar-refractivity contribution >= 4 is 5.82 Å². The molecule has 0 bridgehead atoms. The van der Waals surface area contributed by atoms with Gasteiger partial charge < -0.3 is 11.1 Å². The highest BCUT2D eigenvalue weighted by molar-refractivity contribution is 5.42. The fraction of sp³-hybridized carbons (Fsp3) is 0.556. The zero-order valence-electron chi connectivity index (χ0n) is 8.05. The van der Waals surface area contributed by atoms with Crippen LogP contribution in [0.1, 0.15) is 18.5 Å². The topological polar surface area (TPSA) is 63.8 Å². The van der Waals surface area contributed by atoms with Gasteiger partial charge in [0.1, 0.15) is 6.33 Å². The van der Waals surface area contributed by atoms with Crippen LogP contribution in [0.25, 0.3) is 0 Å². The van der Waals surface area contributed by atoms with Crippen molar-refractivity contribution in [3.05, 3.63) is 17.8 Å².